The minimum Gasteiger partial charge on any atom is -0.445 e. The highest BCUT2D eigenvalue weighted by atomic mass is 16.4. The Hall–Kier alpha value is -1.12. The molecule has 0 N–H and O–H groups in total. The fourth-order valence-corrected chi connectivity index (χ4v) is 2.04. The third-order valence-electron chi connectivity index (χ3n) is 2.81. The first-order valence-electron chi connectivity index (χ1n) is 5.28. The summed E-state index contributed by atoms with van der Waals surface area (Å²) in [6.07, 6.45) is 9.12. The maximum absolute atomic E-state index is 10.3. The Morgan fingerprint density at radius 3 is 2.93 bits per heavy atom. The smallest absolute Gasteiger partial charge is 0.197 e. The van der Waals surface area contributed by atoms with E-state index < -0.39 is 0 Å². The summed E-state index contributed by atoms with van der Waals surface area (Å²) in [5, 5.41) is 0. The molecule has 3 nitrogen and oxygen atoms in total. The van der Waals surface area contributed by atoms with Crippen molar-refractivity contribution >= 4 is 6.29 Å². The lowest BCUT2D eigenvalue weighted by Gasteiger charge is -2.17. The number of aromatic nitrogens is 1. The average molecular weight is 193 g/mol. The van der Waals surface area contributed by atoms with Crippen LogP contribution in [-0.4, -0.2) is 11.3 Å². The van der Waals surface area contributed by atoms with Crippen molar-refractivity contribution in [2.24, 2.45) is 0 Å². The summed E-state index contributed by atoms with van der Waals surface area (Å²) < 4.78 is 5.52. The number of hydrogen-bond acceptors (Lipinski definition) is 3. The molecule has 1 aromatic heterocycles. The number of hydrogen-bond donors (Lipinski definition) is 0. The molecule has 0 amide bonds. The molecule has 0 saturated heterocycles. The summed E-state index contributed by atoms with van der Waals surface area (Å²) in [6.45, 7) is 0. The Labute approximate surface area is 83.5 Å². The van der Waals surface area contributed by atoms with E-state index in [1.54, 1.807) is 6.20 Å². The Bertz CT molecular complexity index is 300. The van der Waals surface area contributed by atoms with E-state index >= 15 is 0 Å². The first-order valence-corrected chi connectivity index (χ1v) is 5.28. The van der Waals surface area contributed by atoms with Gasteiger partial charge in [0.1, 0.15) is 12.0 Å². The molecule has 0 bridgehead atoms. The second-order valence-corrected chi connectivity index (χ2v) is 3.87. The van der Waals surface area contributed by atoms with E-state index in [9.17, 15) is 4.79 Å². The van der Waals surface area contributed by atoms with Gasteiger partial charge in [0.25, 0.3) is 0 Å². The zero-order valence-electron chi connectivity index (χ0n) is 8.24. The van der Waals surface area contributed by atoms with E-state index in [1.807, 2.05) is 0 Å². The predicted octanol–water partition coefficient (Wildman–Crippen LogP) is 2.46. The van der Waals surface area contributed by atoms with Gasteiger partial charge in [-0.15, -0.1) is 0 Å². The molecule has 0 unspecified atom stereocenters. The van der Waals surface area contributed by atoms with Crippen LogP contribution >= 0.6 is 0 Å². The van der Waals surface area contributed by atoms with Crippen LogP contribution in [0.15, 0.2) is 10.6 Å². The largest absolute Gasteiger partial charge is 0.445 e. The van der Waals surface area contributed by atoms with Crippen LogP contribution in [0.1, 0.15) is 49.7 Å². The van der Waals surface area contributed by atoms with Crippen molar-refractivity contribution in [2.45, 2.75) is 44.4 Å². The van der Waals surface area contributed by atoms with Gasteiger partial charge in [0.05, 0.1) is 12.6 Å². The van der Waals surface area contributed by atoms with Gasteiger partial charge in [-0.25, -0.2) is 4.98 Å². The quantitative estimate of drug-likeness (QED) is 0.692. The fourth-order valence-electron chi connectivity index (χ4n) is 2.04. The zero-order chi connectivity index (χ0) is 9.80. The standard InChI is InChI=1S/C11H15NO2/c13-7-6-10-8-12-11(14-10)9-4-2-1-3-5-9/h7-9H,1-6H2. The van der Waals surface area contributed by atoms with Crippen LogP contribution in [-0.2, 0) is 11.2 Å². The molecule has 1 aromatic rings. The van der Waals surface area contributed by atoms with Crippen molar-refractivity contribution in [1.29, 1.82) is 0 Å². The summed E-state index contributed by atoms with van der Waals surface area (Å²) in [7, 11) is 0. The topological polar surface area (TPSA) is 43.1 Å². The highest BCUT2D eigenvalue weighted by Gasteiger charge is 2.19. The normalized spacial score (nSPS) is 18.3. The molecular formula is C11H15NO2. The molecule has 1 aliphatic rings. The monoisotopic (exact) mass is 193 g/mol. The zero-order valence-corrected chi connectivity index (χ0v) is 8.24. The van der Waals surface area contributed by atoms with Crippen LogP contribution in [0.3, 0.4) is 0 Å². The van der Waals surface area contributed by atoms with Gasteiger partial charge >= 0.3 is 0 Å². The Morgan fingerprint density at radius 2 is 2.21 bits per heavy atom. The van der Waals surface area contributed by atoms with Gasteiger partial charge in [0.15, 0.2) is 5.89 Å². The second-order valence-electron chi connectivity index (χ2n) is 3.87. The first kappa shape index (κ1) is 9.44. The third kappa shape index (κ3) is 2.03. The highest BCUT2D eigenvalue weighted by molar-refractivity contribution is 5.52. The molecule has 0 radical (unpaired) electrons. The number of oxazole rings is 1. The molecule has 0 atom stereocenters. The lowest BCUT2D eigenvalue weighted by atomic mass is 9.89. The van der Waals surface area contributed by atoms with Crippen LogP contribution in [0.5, 0.6) is 0 Å². The van der Waals surface area contributed by atoms with Crippen LogP contribution in [0.2, 0.25) is 0 Å². The summed E-state index contributed by atoms with van der Waals surface area (Å²) in [4.78, 5) is 14.5. The summed E-state index contributed by atoms with van der Waals surface area (Å²) >= 11 is 0. The molecule has 0 aliphatic heterocycles. The van der Waals surface area contributed by atoms with E-state index in [4.69, 9.17) is 4.42 Å². The van der Waals surface area contributed by atoms with E-state index in [2.05, 4.69) is 4.98 Å². The van der Waals surface area contributed by atoms with Crippen LogP contribution in [0.4, 0.5) is 0 Å². The van der Waals surface area contributed by atoms with Crippen LogP contribution in [0.25, 0.3) is 0 Å². The molecule has 3 heteroatoms. The molecule has 76 valence electrons. The predicted molar refractivity (Wildman–Crippen MR) is 52.1 cm³/mol. The van der Waals surface area contributed by atoms with Crippen molar-refractivity contribution < 1.29 is 9.21 Å². The first-order chi connectivity index (χ1) is 6.90. The van der Waals surface area contributed by atoms with Gasteiger partial charge in [-0.1, -0.05) is 19.3 Å². The van der Waals surface area contributed by atoms with E-state index in [0.717, 1.165) is 12.2 Å². The van der Waals surface area contributed by atoms with Crippen molar-refractivity contribution in [3.8, 4) is 0 Å². The second kappa shape index (κ2) is 4.40. The highest BCUT2D eigenvalue weighted by Crippen LogP contribution is 2.31. The van der Waals surface area contributed by atoms with Gasteiger partial charge < -0.3 is 9.21 Å². The van der Waals surface area contributed by atoms with Gasteiger partial charge in [-0.05, 0) is 12.8 Å². The molecule has 1 heterocycles. The van der Waals surface area contributed by atoms with Crippen LogP contribution < -0.4 is 0 Å². The Balaban J connectivity index is 2.03. The van der Waals surface area contributed by atoms with Crippen molar-refractivity contribution in [1.82, 2.24) is 4.98 Å². The van der Waals surface area contributed by atoms with E-state index in [-0.39, 0.29) is 0 Å². The molecular weight excluding hydrogens is 178 g/mol. The lowest BCUT2D eigenvalue weighted by Crippen LogP contribution is -2.04. The number of aldehydes is 1. The van der Waals surface area contributed by atoms with Gasteiger partial charge in [0.2, 0.25) is 0 Å². The minimum atomic E-state index is 0.347. The average Bonchev–Trinajstić information content (AvgIpc) is 2.68. The number of carbonyl (C=O) groups is 1. The fraction of sp³-hybridized carbons (Fsp3) is 0.636. The third-order valence-corrected chi connectivity index (χ3v) is 2.81. The molecule has 1 fully saturated rings. The lowest BCUT2D eigenvalue weighted by molar-refractivity contribution is -0.107. The van der Waals surface area contributed by atoms with Crippen molar-refractivity contribution in [3.05, 3.63) is 17.8 Å². The SMILES string of the molecule is O=CCc1cnc(C2CCCCC2)o1. The van der Waals surface area contributed by atoms with Crippen LogP contribution in [0, 0.1) is 0 Å². The maximum atomic E-state index is 10.3. The van der Waals surface area contributed by atoms with E-state index in [1.165, 1.54) is 32.1 Å². The van der Waals surface area contributed by atoms with Crippen molar-refractivity contribution in [3.63, 3.8) is 0 Å². The maximum Gasteiger partial charge on any atom is 0.197 e. The van der Waals surface area contributed by atoms with Crippen molar-refractivity contribution in [2.75, 3.05) is 0 Å². The Kier molecular flexibility index (Phi) is 2.96. The summed E-state index contributed by atoms with van der Waals surface area (Å²) in [5.41, 5.74) is 0. The molecule has 14 heavy (non-hydrogen) atoms. The van der Waals surface area contributed by atoms with E-state index in [0.29, 0.717) is 18.1 Å². The number of carbonyl (C=O) groups excluding carboxylic acids is 1. The number of nitrogens with zero attached hydrogens (tertiary/aromatic N) is 1. The molecule has 2 rings (SSSR count). The van der Waals surface area contributed by atoms with Gasteiger partial charge in [0, 0.05) is 5.92 Å². The molecule has 1 saturated carbocycles. The molecule has 0 aromatic carbocycles. The summed E-state index contributed by atoms with van der Waals surface area (Å²) in [6, 6.07) is 0. The van der Waals surface area contributed by atoms with Gasteiger partial charge in [-0.2, -0.15) is 0 Å². The molecule has 1 aliphatic carbocycles. The van der Waals surface area contributed by atoms with Gasteiger partial charge in [-0.3, -0.25) is 0 Å². The number of rotatable bonds is 3. The Morgan fingerprint density at radius 1 is 1.43 bits per heavy atom. The minimum absolute atomic E-state index is 0.347. The summed E-state index contributed by atoms with van der Waals surface area (Å²) in [5.74, 6) is 2.02. The molecule has 0 spiro atoms.